The molecule has 310 valence electrons. The number of aliphatic hydroxyl groups excluding tert-OH is 2. The fourth-order valence-electron chi connectivity index (χ4n) is 8.87. The molecule has 3 aromatic rings. The molecule has 0 bridgehead atoms. The SMILES string of the molecule is C=CCO[C@@]12Oc3ccc(Oc4cccc(C=O)c4)cc3[C@H]3[C@H](CCCCO)[C@@H](CCCCO)C=C(C(=NOC)C[C@@H]1N(C)C(=O)OCCOCc1ccccc1)[C@H]32. The molecule has 2 aliphatic carbocycles. The molecule has 0 aromatic heterocycles. The van der Waals surface area contributed by atoms with Crippen LogP contribution in [0.5, 0.6) is 17.2 Å². The fourth-order valence-corrected chi connectivity index (χ4v) is 8.87. The van der Waals surface area contributed by atoms with E-state index in [-0.39, 0.29) is 57.2 Å². The van der Waals surface area contributed by atoms with Crippen LogP contribution in [0.3, 0.4) is 0 Å². The summed E-state index contributed by atoms with van der Waals surface area (Å²) in [6.07, 6.45) is 8.97. The predicted molar refractivity (Wildman–Crippen MR) is 219 cm³/mol. The van der Waals surface area contributed by atoms with E-state index in [0.29, 0.717) is 48.0 Å². The molecule has 2 N–H and O–H groups in total. The normalized spacial score (nSPS) is 23.8. The largest absolute Gasteiger partial charge is 0.459 e. The lowest BCUT2D eigenvalue weighted by atomic mass is 9.55. The summed E-state index contributed by atoms with van der Waals surface area (Å²) in [5.41, 5.74) is 4.04. The van der Waals surface area contributed by atoms with E-state index in [4.69, 9.17) is 28.5 Å². The van der Waals surface area contributed by atoms with Gasteiger partial charge in [-0.2, -0.15) is 0 Å². The first-order chi connectivity index (χ1) is 28.4. The Hall–Kier alpha value is -5.01. The van der Waals surface area contributed by atoms with Gasteiger partial charge in [0.15, 0.2) is 0 Å². The van der Waals surface area contributed by atoms with Gasteiger partial charge in [0.1, 0.15) is 43.3 Å². The number of aldehydes is 1. The second-order valence-corrected chi connectivity index (χ2v) is 15.0. The summed E-state index contributed by atoms with van der Waals surface area (Å²) in [5.74, 6) is -0.299. The average Bonchev–Trinajstić information content (AvgIpc) is 3.24. The van der Waals surface area contributed by atoms with Crippen molar-refractivity contribution in [2.45, 2.75) is 69.3 Å². The van der Waals surface area contributed by atoms with Gasteiger partial charge in [0.05, 0.1) is 31.5 Å². The molecule has 3 aliphatic rings. The molecule has 12 nitrogen and oxygen atoms in total. The van der Waals surface area contributed by atoms with Gasteiger partial charge in [0, 0.05) is 43.7 Å². The van der Waals surface area contributed by atoms with E-state index in [1.54, 1.807) is 37.4 Å². The van der Waals surface area contributed by atoms with Crippen molar-refractivity contribution in [1.29, 1.82) is 0 Å². The number of hydrogen-bond donors (Lipinski definition) is 2. The maximum Gasteiger partial charge on any atom is 0.410 e. The van der Waals surface area contributed by atoms with Crippen LogP contribution in [0.1, 0.15) is 72.3 Å². The number of benzene rings is 3. The van der Waals surface area contributed by atoms with Gasteiger partial charge >= 0.3 is 6.09 Å². The van der Waals surface area contributed by atoms with Crippen LogP contribution < -0.4 is 9.47 Å². The summed E-state index contributed by atoms with van der Waals surface area (Å²) >= 11 is 0. The number of aliphatic hydroxyl groups is 2. The molecule has 1 amide bonds. The van der Waals surface area contributed by atoms with Crippen molar-refractivity contribution in [2.75, 3.05) is 47.2 Å². The number of ether oxygens (including phenoxy) is 5. The lowest BCUT2D eigenvalue weighted by Gasteiger charge is -2.59. The molecular weight excluding hydrogens is 741 g/mol. The number of allylic oxidation sites excluding steroid dienone is 1. The zero-order valence-corrected chi connectivity index (χ0v) is 33.5. The van der Waals surface area contributed by atoms with Gasteiger partial charge in [0.25, 0.3) is 0 Å². The fraction of sp³-hybridized carbons (Fsp3) is 0.457. The Balaban J connectivity index is 1.42. The molecule has 1 heterocycles. The van der Waals surface area contributed by atoms with Crippen molar-refractivity contribution in [3.05, 3.63) is 114 Å². The molecule has 12 heteroatoms. The highest BCUT2D eigenvalue weighted by Gasteiger charge is 2.65. The van der Waals surface area contributed by atoms with Crippen LogP contribution in [0, 0.1) is 17.8 Å². The van der Waals surface area contributed by atoms with Crippen molar-refractivity contribution in [2.24, 2.45) is 22.9 Å². The predicted octanol–water partition coefficient (Wildman–Crippen LogP) is 7.84. The third-order valence-electron chi connectivity index (χ3n) is 11.4. The quantitative estimate of drug-likeness (QED) is 0.0473. The Morgan fingerprint density at radius 2 is 1.76 bits per heavy atom. The number of carbonyl (C=O) groups is 2. The summed E-state index contributed by atoms with van der Waals surface area (Å²) in [6, 6.07) is 21.8. The van der Waals surface area contributed by atoms with Gasteiger partial charge in [-0.1, -0.05) is 72.6 Å². The van der Waals surface area contributed by atoms with Crippen LogP contribution in [0.4, 0.5) is 4.79 Å². The molecule has 0 saturated heterocycles. The number of oxime groups is 1. The van der Waals surface area contributed by atoms with Gasteiger partial charge in [-0.25, -0.2) is 4.79 Å². The summed E-state index contributed by atoms with van der Waals surface area (Å²) < 4.78 is 32.0. The number of rotatable bonds is 21. The highest BCUT2D eigenvalue weighted by molar-refractivity contribution is 6.02. The van der Waals surface area contributed by atoms with Crippen LogP contribution in [-0.4, -0.2) is 92.2 Å². The number of amides is 1. The Labute approximate surface area is 341 Å². The lowest BCUT2D eigenvalue weighted by Crippen LogP contribution is -2.69. The molecule has 6 atom stereocenters. The zero-order chi connectivity index (χ0) is 40.9. The van der Waals surface area contributed by atoms with E-state index in [1.807, 2.05) is 48.5 Å². The molecule has 3 aromatic carbocycles. The minimum atomic E-state index is -1.41. The molecule has 6 rings (SSSR count). The van der Waals surface area contributed by atoms with Gasteiger partial charge in [-0.3, -0.25) is 4.79 Å². The van der Waals surface area contributed by atoms with E-state index >= 15 is 0 Å². The van der Waals surface area contributed by atoms with Crippen molar-refractivity contribution >= 4 is 18.1 Å². The molecule has 1 fully saturated rings. The van der Waals surface area contributed by atoms with Gasteiger partial charge in [-0.05, 0) is 79.0 Å². The van der Waals surface area contributed by atoms with Crippen LogP contribution in [0.2, 0.25) is 0 Å². The van der Waals surface area contributed by atoms with E-state index in [2.05, 4.69) is 17.8 Å². The maximum atomic E-state index is 14.0. The van der Waals surface area contributed by atoms with Crippen molar-refractivity contribution in [3.8, 4) is 17.2 Å². The minimum absolute atomic E-state index is 0.0450. The zero-order valence-electron chi connectivity index (χ0n) is 33.5. The van der Waals surface area contributed by atoms with Gasteiger partial charge in [0.2, 0.25) is 5.79 Å². The third kappa shape index (κ3) is 9.64. The molecule has 1 aliphatic heterocycles. The number of fused-ring (bicyclic) bond motifs is 2. The standard InChI is InChI=1S/C46H56N2O10/c1-4-23-56-46-42(48(2)45(52)55-25-24-54-31-32-13-6-5-7-14-32)29-40(47-53-3)38-27-34(16-8-10-21-49)37(18-9-11-22-50)43(44(38)46)39-28-36(19-20-41(39)58-46)57-35-17-12-15-33(26-35)30-51/h4-7,12-15,17,19-20,26-28,30,34,37,42-44,49-50H,1,8-11,16,18,21-25,29,31H2,2-3H3/t34-,37+,42-,43+,44+,46+/m0/s1. The van der Waals surface area contributed by atoms with Crippen LogP contribution in [0.25, 0.3) is 0 Å². The molecule has 0 radical (unpaired) electrons. The first kappa shape index (κ1) is 42.6. The number of carbonyl (C=O) groups excluding carboxylic acids is 2. The highest BCUT2D eigenvalue weighted by Crippen LogP contribution is 2.62. The summed E-state index contributed by atoms with van der Waals surface area (Å²) in [4.78, 5) is 32.6. The van der Waals surface area contributed by atoms with Crippen molar-refractivity contribution in [1.82, 2.24) is 4.90 Å². The Bertz CT molecular complexity index is 1900. The van der Waals surface area contributed by atoms with Crippen LogP contribution in [-0.2, 0) is 25.7 Å². The number of likely N-dealkylation sites (N-methyl/N-ethyl adjacent to an activating group) is 1. The van der Waals surface area contributed by atoms with Crippen LogP contribution >= 0.6 is 0 Å². The van der Waals surface area contributed by atoms with Crippen LogP contribution in [0.15, 0.2) is 102 Å². The molecule has 0 spiro atoms. The maximum absolute atomic E-state index is 14.0. The second kappa shape index (κ2) is 20.6. The lowest BCUT2D eigenvalue weighted by molar-refractivity contribution is -0.253. The minimum Gasteiger partial charge on any atom is -0.459 e. The summed E-state index contributed by atoms with van der Waals surface area (Å²) in [5, 5.41) is 24.2. The Morgan fingerprint density at radius 3 is 2.50 bits per heavy atom. The van der Waals surface area contributed by atoms with Gasteiger partial charge in [-0.15, -0.1) is 6.58 Å². The average molecular weight is 797 g/mol. The van der Waals surface area contributed by atoms with E-state index in [1.165, 1.54) is 12.0 Å². The van der Waals surface area contributed by atoms with E-state index in [9.17, 15) is 19.8 Å². The Kier molecular flexibility index (Phi) is 15.1. The van der Waals surface area contributed by atoms with Crippen molar-refractivity contribution < 1.29 is 48.3 Å². The van der Waals surface area contributed by atoms with Crippen molar-refractivity contribution in [3.63, 3.8) is 0 Å². The summed E-state index contributed by atoms with van der Waals surface area (Å²) in [6.45, 7) is 4.95. The molecule has 58 heavy (non-hydrogen) atoms. The molecule has 0 unspecified atom stereocenters. The number of unbranched alkanes of at least 4 members (excludes halogenated alkanes) is 2. The summed E-state index contributed by atoms with van der Waals surface area (Å²) in [7, 11) is 3.20. The number of hydrogen-bond acceptors (Lipinski definition) is 11. The molecule has 1 saturated carbocycles. The van der Waals surface area contributed by atoms with E-state index in [0.717, 1.165) is 48.7 Å². The topological polar surface area (TPSA) is 146 Å². The smallest absolute Gasteiger partial charge is 0.410 e. The second-order valence-electron chi connectivity index (χ2n) is 15.0. The highest BCUT2D eigenvalue weighted by atomic mass is 16.7. The first-order valence-electron chi connectivity index (χ1n) is 20.2. The van der Waals surface area contributed by atoms with E-state index < -0.39 is 23.8 Å². The monoisotopic (exact) mass is 796 g/mol. The Morgan fingerprint density at radius 1 is 0.983 bits per heavy atom. The number of nitrogens with zero attached hydrogens (tertiary/aromatic N) is 2. The third-order valence-corrected chi connectivity index (χ3v) is 11.4. The molecular formula is C46H56N2O10. The van der Waals surface area contributed by atoms with Gasteiger partial charge < -0.3 is 43.6 Å². The first-order valence-corrected chi connectivity index (χ1v) is 20.2.